The van der Waals surface area contributed by atoms with Crippen LogP contribution in [0.5, 0.6) is 0 Å². The van der Waals surface area contributed by atoms with Gasteiger partial charge < -0.3 is 9.64 Å². The van der Waals surface area contributed by atoms with E-state index in [4.69, 9.17) is 4.74 Å². The molecule has 0 bridgehead atoms. The quantitative estimate of drug-likeness (QED) is 0.880. The van der Waals surface area contributed by atoms with Gasteiger partial charge in [-0.3, -0.25) is 5.43 Å². The molecule has 4 heteroatoms. The zero-order valence-electron chi connectivity index (χ0n) is 14.8. The minimum absolute atomic E-state index is 0.375. The topological polar surface area (TPSA) is 36.5 Å². The number of ether oxygens (including phenoxy) is 1. The number of nitrogens with zero attached hydrogens (tertiary/aromatic N) is 1. The Morgan fingerprint density at radius 3 is 2.52 bits per heavy atom. The van der Waals surface area contributed by atoms with E-state index in [2.05, 4.69) is 70.3 Å². The van der Waals surface area contributed by atoms with E-state index >= 15 is 0 Å². The monoisotopic (exact) mass is 337 g/mol. The molecule has 4 nitrogen and oxygen atoms in total. The van der Waals surface area contributed by atoms with Crippen molar-refractivity contribution in [2.24, 2.45) is 5.92 Å². The van der Waals surface area contributed by atoms with Gasteiger partial charge >= 0.3 is 0 Å². The number of hydrogen-bond donors (Lipinski definition) is 2. The molecule has 3 unspecified atom stereocenters. The van der Waals surface area contributed by atoms with E-state index < -0.39 is 0 Å². The highest BCUT2D eigenvalue weighted by Gasteiger charge is 2.40. The molecule has 2 aromatic rings. The molecule has 2 saturated heterocycles. The van der Waals surface area contributed by atoms with Crippen LogP contribution in [-0.4, -0.2) is 44.3 Å². The average Bonchev–Trinajstić information content (AvgIpc) is 3.10. The highest BCUT2D eigenvalue weighted by atomic mass is 16.5. The minimum atomic E-state index is 0.375. The number of piperidine rings is 1. The van der Waals surface area contributed by atoms with Crippen molar-refractivity contribution in [2.45, 2.75) is 18.5 Å². The summed E-state index contributed by atoms with van der Waals surface area (Å²) in [4.78, 5) is 2.53. The number of likely N-dealkylation sites (tertiary alicyclic amines) is 1. The lowest BCUT2D eigenvalue weighted by Gasteiger charge is -2.36. The Morgan fingerprint density at radius 2 is 1.76 bits per heavy atom. The third kappa shape index (κ3) is 3.62. The van der Waals surface area contributed by atoms with Gasteiger partial charge in [-0.25, -0.2) is 5.43 Å². The number of methoxy groups -OCH3 is 1. The van der Waals surface area contributed by atoms with Crippen LogP contribution >= 0.6 is 0 Å². The van der Waals surface area contributed by atoms with E-state index in [1.54, 1.807) is 7.11 Å². The van der Waals surface area contributed by atoms with E-state index in [1.165, 1.54) is 23.1 Å². The van der Waals surface area contributed by atoms with Gasteiger partial charge in [-0.05, 0) is 29.7 Å². The number of fused-ring (bicyclic) bond motifs is 1. The number of benzene rings is 2. The molecule has 2 fully saturated rings. The van der Waals surface area contributed by atoms with Crippen molar-refractivity contribution in [1.82, 2.24) is 15.8 Å². The van der Waals surface area contributed by atoms with Gasteiger partial charge in [0.1, 0.15) is 0 Å². The van der Waals surface area contributed by atoms with Gasteiger partial charge in [0.25, 0.3) is 0 Å². The fraction of sp³-hybridized carbons (Fsp3) is 0.429. The second-order valence-electron chi connectivity index (χ2n) is 7.11. The summed E-state index contributed by atoms with van der Waals surface area (Å²) in [6, 6.07) is 20.5. The summed E-state index contributed by atoms with van der Waals surface area (Å²) in [6.07, 6.45) is 1.19. The molecule has 0 radical (unpaired) electrons. The third-order valence-electron chi connectivity index (χ3n) is 5.58. The maximum absolute atomic E-state index is 5.25. The predicted molar refractivity (Wildman–Crippen MR) is 101 cm³/mol. The summed E-state index contributed by atoms with van der Waals surface area (Å²) in [5.74, 6) is 0.605. The number of hydrogen-bond acceptors (Lipinski definition) is 4. The second kappa shape index (κ2) is 7.67. The van der Waals surface area contributed by atoms with E-state index in [-0.39, 0.29) is 0 Å². The lowest BCUT2D eigenvalue weighted by Crippen LogP contribution is -2.46. The maximum Gasteiger partial charge on any atom is 0.0589 e. The molecular formula is C21H27N3O. The molecule has 25 heavy (non-hydrogen) atoms. The van der Waals surface area contributed by atoms with Crippen LogP contribution in [0.4, 0.5) is 0 Å². The van der Waals surface area contributed by atoms with Crippen molar-refractivity contribution in [3.05, 3.63) is 60.2 Å². The Bertz CT molecular complexity index is 673. The lowest BCUT2D eigenvalue weighted by atomic mass is 9.84. The molecule has 2 aromatic carbocycles. The van der Waals surface area contributed by atoms with Gasteiger partial charge in [-0.15, -0.1) is 0 Å². The smallest absolute Gasteiger partial charge is 0.0589 e. The molecule has 0 saturated carbocycles. The first-order valence-electron chi connectivity index (χ1n) is 9.23. The Morgan fingerprint density at radius 1 is 1.00 bits per heavy atom. The molecule has 2 N–H and O–H groups in total. The number of nitrogens with one attached hydrogen (secondary N) is 2. The molecule has 0 aliphatic carbocycles. The summed E-state index contributed by atoms with van der Waals surface area (Å²) in [6.45, 7) is 4.12. The summed E-state index contributed by atoms with van der Waals surface area (Å²) in [5, 5.41) is 0. The van der Waals surface area contributed by atoms with Gasteiger partial charge in [0.05, 0.1) is 12.6 Å². The number of hydrazine groups is 1. The SMILES string of the molecule is COCCN1CCC2NNC(c3ccc(-c4ccccc4)cc3)C2C1. The standard InChI is InChI=1S/C21H27N3O/c1-25-14-13-24-12-11-20-19(15-24)21(23-22-20)18-9-7-17(8-10-18)16-5-3-2-4-6-16/h2-10,19-23H,11-15H2,1H3. The Hall–Kier alpha value is -1.72. The molecule has 0 amide bonds. The van der Waals surface area contributed by atoms with Gasteiger partial charge in [-0.1, -0.05) is 54.6 Å². The Kier molecular flexibility index (Phi) is 5.13. The largest absolute Gasteiger partial charge is 0.383 e. The molecule has 4 rings (SSSR count). The summed E-state index contributed by atoms with van der Waals surface area (Å²) in [7, 11) is 1.78. The fourth-order valence-electron chi connectivity index (χ4n) is 4.14. The molecule has 2 aliphatic heterocycles. The first-order chi connectivity index (χ1) is 12.3. The van der Waals surface area contributed by atoms with Gasteiger partial charge in [0.2, 0.25) is 0 Å². The molecule has 2 aliphatic rings. The molecule has 132 valence electrons. The maximum atomic E-state index is 5.25. The van der Waals surface area contributed by atoms with E-state index in [1.807, 2.05) is 0 Å². The van der Waals surface area contributed by atoms with Crippen molar-refractivity contribution in [2.75, 3.05) is 33.4 Å². The van der Waals surface area contributed by atoms with Gasteiger partial charge in [-0.2, -0.15) is 0 Å². The zero-order valence-corrected chi connectivity index (χ0v) is 14.8. The first kappa shape index (κ1) is 16.7. The van der Waals surface area contributed by atoms with E-state index in [9.17, 15) is 0 Å². The van der Waals surface area contributed by atoms with E-state index in [0.29, 0.717) is 18.0 Å². The molecule has 0 spiro atoms. The van der Waals surface area contributed by atoms with Crippen LogP contribution in [0.3, 0.4) is 0 Å². The average molecular weight is 337 g/mol. The third-order valence-corrected chi connectivity index (χ3v) is 5.58. The summed E-state index contributed by atoms with van der Waals surface area (Å²) < 4.78 is 5.25. The summed E-state index contributed by atoms with van der Waals surface area (Å²) >= 11 is 0. The van der Waals surface area contributed by atoms with Crippen LogP contribution < -0.4 is 10.9 Å². The van der Waals surface area contributed by atoms with Crippen molar-refractivity contribution in [3.8, 4) is 11.1 Å². The lowest BCUT2D eigenvalue weighted by molar-refractivity contribution is 0.106. The van der Waals surface area contributed by atoms with Crippen LogP contribution in [0, 0.1) is 5.92 Å². The van der Waals surface area contributed by atoms with E-state index in [0.717, 1.165) is 26.2 Å². The molecule has 0 aromatic heterocycles. The normalized spacial score (nSPS) is 26.5. The van der Waals surface area contributed by atoms with Crippen LogP contribution in [0.15, 0.2) is 54.6 Å². The molecular weight excluding hydrogens is 310 g/mol. The minimum Gasteiger partial charge on any atom is -0.383 e. The molecule has 3 atom stereocenters. The molecule has 2 heterocycles. The Balaban J connectivity index is 1.48. The highest BCUT2D eigenvalue weighted by Crippen LogP contribution is 2.34. The van der Waals surface area contributed by atoms with Crippen LogP contribution in [0.25, 0.3) is 11.1 Å². The number of rotatable bonds is 5. The Labute approximate surface area is 150 Å². The van der Waals surface area contributed by atoms with Crippen molar-refractivity contribution < 1.29 is 4.74 Å². The second-order valence-corrected chi connectivity index (χ2v) is 7.11. The van der Waals surface area contributed by atoms with Crippen LogP contribution in [-0.2, 0) is 4.74 Å². The van der Waals surface area contributed by atoms with Crippen molar-refractivity contribution in [1.29, 1.82) is 0 Å². The van der Waals surface area contributed by atoms with Crippen molar-refractivity contribution in [3.63, 3.8) is 0 Å². The summed E-state index contributed by atoms with van der Waals surface area (Å²) in [5.41, 5.74) is 11.0. The van der Waals surface area contributed by atoms with Crippen LogP contribution in [0.2, 0.25) is 0 Å². The highest BCUT2D eigenvalue weighted by molar-refractivity contribution is 5.63. The zero-order chi connectivity index (χ0) is 17.1. The van der Waals surface area contributed by atoms with Crippen LogP contribution in [0.1, 0.15) is 18.0 Å². The predicted octanol–water partition coefficient (Wildman–Crippen LogP) is 2.84. The first-order valence-corrected chi connectivity index (χ1v) is 9.23. The van der Waals surface area contributed by atoms with Gasteiger partial charge in [0.15, 0.2) is 0 Å². The fourth-order valence-corrected chi connectivity index (χ4v) is 4.14. The van der Waals surface area contributed by atoms with Gasteiger partial charge in [0, 0.05) is 32.2 Å². The van der Waals surface area contributed by atoms with Crippen molar-refractivity contribution >= 4 is 0 Å².